The maximum atomic E-state index is 5.53. The van der Waals surface area contributed by atoms with Gasteiger partial charge in [-0.2, -0.15) is 0 Å². The van der Waals surface area contributed by atoms with Crippen LogP contribution in [0.5, 0.6) is 0 Å². The van der Waals surface area contributed by atoms with Gasteiger partial charge in [0.05, 0.1) is 6.10 Å². The zero-order valence-corrected chi connectivity index (χ0v) is 10.8. The van der Waals surface area contributed by atoms with Crippen LogP contribution in [0.15, 0.2) is 12.4 Å². The standard InChI is InChI=1S/C12H23N2O2/c1-5-15-10-14-8-7-13(12(14)4)9-11(3)16-6-2/h7-8,11H,5-6,9-10H2,1-4H3/q+1. The minimum absolute atomic E-state index is 0.247. The third kappa shape index (κ3) is 3.61. The molecule has 1 aromatic rings. The van der Waals surface area contributed by atoms with Gasteiger partial charge in [0.1, 0.15) is 18.9 Å². The highest BCUT2D eigenvalue weighted by atomic mass is 16.5. The molecule has 0 aliphatic rings. The van der Waals surface area contributed by atoms with Crippen LogP contribution in [0, 0.1) is 6.92 Å². The Balaban J connectivity index is 2.57. The summed E-state index contributed by atoms with van der Waals surface area (Å²) in [6.45, 7) is 11.2. The SMILES string of the molecule is CCOC[n+]1ccn(CC(C)OCC)c1C. The highest BCUT2D eigenvalue weighted by Crippen LogP contribution is 2.00. The topological polar surface area (TPSA) is 27.3 Å². The van der Waals surface area contributed by atoms with E-state index in [9.17, 15) is 0 Å². The summed E-state index contributed by atoms with van der Waals surface area (Å²) in [6, 6.07) is 0. The molecule has 0 saturated heterocycles. The van der Waals surface area contributed by atoms with Crippen LogP contribution in [-0.2, 0) is 22.7 Å². The normalized spacial score (nSPS) is 13.0. The summed E-state index contributed by atoms with van der Waals surface area (Å²) in [5, 5.41) is 0. The number of imidazole rings is 1. The molecule has 1 aromatic heterocycles. The van der Waals surface area contributed by atoms with E-state index in [4.69, 9.17) is 9.47 Å². The molecular weight excluding hydrogens is 204 g/mol. The summed E-state index contributed by atoms with van der Waals surface area (Å²) in [5.41, 5.74) is 0. The first-order valence-corrected chi connectivity index (χ1v) is 5.93. The summed E-state index contributed by atoms with van der Waals surface area (Å²) in [5.74, 6) is 1.19. The highest BCUT2D eigenvalue weighted by Gasteiger charge is 2.14. The van der Waals surface area contributed by atoms with Crippen molar-refractivity contribution < 1.29 is 14.0 Å². The second-order valence-electron chi connectivity index (χ2n) is 3.86. The molecule has 1 rings (SSSR count). The van der Waals surface area contributed by atoms with Gasteiger partial charge in [-0.15, -0.1) is 0 Å². The van der Waals surface area contributed by atoms with Crippen molar-refractivity contribution in [2.24, 2.45) is 0 Å². The highest BCUT2D eigenvalue weighted by molar-refractivity contribution is 4.80. The molecule has 0 bridgehead atoms. The van der Waals surface area contributed by atoms with Crippen molar-refractivity contribution in [3.63, 3.8) is 0 Å². The van der Waals surface area contributed by atoms with Gasteiger partial charge in [0.25, 0.3) is 5.82 Å². The van der Waals surface area contributed by atoms with E-state index in [2.05, 4.69) is 29.2 Å². The number of ether oxygens (including phenoxy) is 2. The van der Waals surface area contributed by atoms with E-state index in [-0.39, 0.29) is 6.10 Å². The summed E-state index contributed by atoms with van der Waals surface area (Å²) in [4.78, 5) is 0. The molecule has 0 aromatic carbocycles. The molecule has 0 amide bonds. The Bertz CT molecular complexity index is 310. The Hall–Kier alpha value is -0.870. The second-order valence-corrected chi connectivity index (χ2v) is 3.86. The summed E-state index contributed by atoms with van der Waals surface area (Å²) < 4.78 is 15.2. The fraction of sp³-hybridized carbons (Fsp3) is 0.750. The monoisotopic (exact) mass is 227 g/mol. The van der Waals surface area contributed by atoms with Gasteiger partial charge in [0.2, 0.25) is 0 Å². The van der Waals surface area contributed by atoms with Crippen molar-refractivity contribution in [1.29, 1.82) is 0 Å². The van der Waals surface area contributed by atoms with E-state index in [1.807, 2.05) is 20.0 Å². The van der Waals surface area contributed by atoms with Crippen LogP contribution in [0.4, 0.5) is 0 Å². The lowest BCUT2D eigenvalue weighted by Crippen LogP contribution is -2.37. The molecule has 4 heteroatoms. The molecule has 1 heterocycles. The van der Waals surface area contributed by atoms with Crippen LogP contribution in [-0.4, -0.2) is 23.9 Å². The van der Waals surface area contributed by atoms with E-state index in [0.717, 1.165) is 19.8 Å². The number of nitrogens with zero attached hydrogens (tertiary/aromatic N) is 2. The van der Waals surface area contributed by atoms with Crippen molar-refractivity contribution in [3.8, 4) is 0 Å². The van der Waals surface area contributed by atoms with Crippen LogP contribution in [0.25, 0.3) is 0 Å². The molecule has 0 aliphatic carbocycles. The van der Waals surface area contributed by atoms with Crippen LogP contribution in [0.3, 0.4) is 0 Å². The van der Waals surface area contributed by atoms with Crippen molar-refractivity contribution >= 4 is 0 Å². The average Bonchev–Trinajstić information content (AvgIpc) is 2.58. The molecule has 0 radical (unpaired) electrons. The summed E-state index contributed by atoms with van der Waals surface area (Å²) >= 11 is 0. The van der Waals surface area contributed by atoms with Gasteiger partial charge >= 0.3 is 0 Å². The number of hydrogen-bond acceptors (Lipinski definition) is 2. The van der Waals surface area contributed by atoms with Gasteiger partial charge in [-0.3, -0.25) is 0 Å². The van der Waals surface area contributed by atoms with Crippen LogP contribution < -0.4 is 4.57 Å². The average molecular weight is 227 g/mol. The first-order valence-electron chi connectivity index (χ1n) is 5.93. The minimum atomic E-state index is 0.247. The van der Waals surface area contributed by atoms with E-state index < -0.39 is 0 Å². The fourth-order valence-corrected chi connectivity index (χ4v) is 1.67. The maximum Gasteiger partial charge on any atom is 0.255 e. The van der Waals surface area contributed by atoms with Gasteiger partial charge in [-0.05, 0) is 20.8 Å². The van der Waals surface area contributed by atoms with E-state index in [0.29, 0.717) is 6.73 Å². The Morgan fingerprint density at radius 1 is 1.38 bits per heavy atom. The number of aromatic nitrogens is 2. The molecular formula is C12H23N2O2+. The maximum absolute atomic E-state index is 5.53. The molecule has 0 saturated carbocycles. The smallest absolute Gasteiger partial charge is 0.255 e. The Morgan fingerprint density at radius 2 is 2.12 bits per heavy atom. The predicted molar refractivity (Wildman–Crippen MR) is 62.1 cm³/mol. The predicted octanol–water partition coefficient (Wildman–Crippen LogP) is 1.50. The lowest BCUT2D eigenvalue weighted by Gasteiger charge is -2.09. The van der Waals surface area contributed by atoms with Gasteiger partial charge in [0.15, 0.2) is 6.73 Å². The van der Waals surface area contributed by atoms with Crippen LogP contribution in [0.2, 0.25) is 0 Å². The summed E-state index contributed by atoms with van der Waals surface area (Å²) in [6.07, 6.45) is 4.37. The van der Waals surface area contributed by atoms with Gasteiger partial charge in [-0.1, -0.05) is 0 Å². The summed E-state index contributed by atoms with van der Waals surface area (Å²) in [7, 11) is 0. The third-order valence-corrected chi connectivity index (χ3v) is 2.60. The minimum Gasteiger partial charge on any atom is -0.375 e. The van der Waals surface area contributed by atoms with E-state index in [1.54, 1.807) is 0 Å². The van der Waals surface area contributed by atoms with Gasteiger partial charge < -0.3 is 9.47 Å². The molecule has 1 unspecified atom stereocenters. The van der Waals surface area contributed by atoms with E-state index >= 15 is 0 Å². The van der Waals surface area contributed by atoms with Crippen molar-refractivity contribution in [2.75, 3.05) is 13.2 Å². The Kier molecular flexibility index (Phi) is 5.49. The Labute approximate surface area is 97.8 Å². The van der Waals surface area contributed by atoms with Crippen molar-refractivity contribution in [3.05, 3.63) is 18.2 Å². The molecule has 0 fully saturated rings. The first kappa shape index (κ1) is 13.2. The molecule has 92 valence electrons. The molecule has 4 nitrogen and oxygen atoms in total. The number of rotatable bonds is 7. The van der Waals surface area contributed by atoms with Crippen molar-refractivity contribution in [2.45, 2.75) is 47.1 Å². The first-order chi connectivity index (χ1) is 7.69. The fourth-order valence-electron chi connectivity index (χ4n) is 1.67. The molecule has 0 N–H and O–H groups in total. The molecule has 1 atom stereocenters. The van der Waals surface area contributed by atoms with Crippen LogP contribution >= 0.6 is 0 Å². The Morgan fingerprint density at radius 3 is 2.75 bits per heavy atom. The lowest BCUT2D eigenvalue weighted by atomic mass is 10.4. The second kappa shape index (κ2) is 6.66. The lowest BCUT2D eigenvalue weighted by molar-refractivity contribution is -0.737. The van der Waals surface area contributed by atoms with Crippen LogP contribution in [0.1, 0.15) is 26.6 Å². The molecule has 0 spiro atoms. The van der Waals surface area contributed by atoms with Gasteiger partial charge in [0, 0.05) is 20.1 Å². The third-order valence-electron chi connectivity index (χ3n) is 2.60. The number of hydrogen-bond donors (Lipinski definition) is 0. The quantitative estimate of drug-likeness (QED) is 0.660. The largest absolute Gasteiger partial charge is 0.375 e. The zero-order chi connectivity index (χ0) is 12.0. The zero-order valence-electron chi connectivity index (χ0n) is 10.8. The molecule has 0 aliphatic heterocycles. The van der Waals surface area contributed by atoms with E-state index in [1.165, 1.54) is 5.82 Å². The van der Waals surface area contributed by atoms with Gasteiger partial charge in [-0.25, -0.2) is 9.13 Å². The molecule has 16 heavy (non-hydrogen) atoms. The van der Waals surface area contributed by atoms with Crippen molar-refractivity contribution in [1.82, 2.24) is 4.57 Å².